The van der Waals surface area contributed by atoms with Crippen LogP contribution in [0.2, 0.25) is 5.02 Å². The molecular formula is C17H18ClFN2. The lowest BCUT2D eigenvalue weighted by Gasteiger charge is -2.27. The number of halogens is 2. The Balaban J connectivity index is 1.87. The molecule has 1 atom stereocenters. The third kappa shape index (κ3) is 3.36. The maximum absolute atomic E-state index is 14.1. The van der Waals surface area contributed by atoms with E-state index in [2.05, 4.69) is 22.3 Å². The van der Waals surface area contributed by atoms with Gasteiger partial charge in [0.2, 0.25) is 0 Å². The van der Waals surface area contributed by atoms with Crippen LogP contribution >= 0.6 is 11.6 Å². The summed E-state index contributed by atoms with van der Waals surface area (Å²) >= 11 is 6.02. The summed E-state index contributed by atoms with van der Waals surface area (Å²) in [6, 6.07) is 15.2. The number of hydrogen-bond donors (Lipinski definition) is 1. The minimum Gasteiger partial charge on any atom is -0.367 e. The van der Waals surface area contributed by atoms with Crippen molar-refractivity contribution < 1.29 is 4.39 Å². The zero-order valence-electron chi connectivity index (χ0n) is 11.7. The van der Waals surface area contributed by atoms with E-state index >= 15 is 0 Å². The van der Waals surface area contributed by atoms with E-state index in [1.807, 2.05) is 18.2 Å². The summed E-state index contributed by atoms with van der Waals surface area (Å²) in [4.78, 5) is 2.08. The monoisotopic (exact) mass is 304 g/mol. The van der Waals surface area contributed by atoms with Gasteiger partial charge in [-0.05, 0) is 36.7 Å². The molecule has 21 heavy (non-hydrogen) atoms. The van der Waals surface area contributed by atoms with Gasteiger partial charge >= 0.3 is 0 Å². The molecule has 4 heteroatoms. The molecule has 1 fully saturated rings. The van der Waals surface area contributed by atoms with Crippen molar-refractivity contribution in [1.82, 2.24) is 5.32 Å². The summed E-state index contributed by atoms with van der Waals surface area (Å²) in [6.07, 6.45) is 0.981. The third-order valence-corrected chi connectivity index (χ3v) is 4.08. The van der Waals surface area contributed by atoms with Gasteiger partial charge in [-0.15, -0.1) is 0 Å². The van der Waals surface area contributed by atoms with Gasteiger partial charge in [0.25, 0.3) is 0 Å². The molecule has 2 nitrogen and oxygen atoms in total. The molecule has 1 heterocycles. The Kier molecular flexibility index (Phi) is 4.42. The molecule has 0 spiro atoms. The van der Waals surface area contributed by atoms with Gasteiger partial charge in [-0.25, -0.2) is 4.39 Å². The van der Waals surface area contributed by atoms with Crippen molar-refractivity contribution in [2.24, 2.45) is 0 Å². The number of hydrogen-bond acceptors (Lipinski definition) is 2. The van der Waals surface area contributed by atoms with E-state index in [1.54, 1.807) is 12.1 Å². The Morgan fingerprint density at radius 3 is 2.76 bits per heavy atom. The molecule has 2 aromatic rings. The van der Waals surface area contributed by atoms with Crippen LogP contribution in [0.4, 0.5) is 10.1 Å². The number of nitrogens with zero attached hydrogens (tertiary/aromatic N) is 1. The highest BCUT2D eigenvalue weighted by Crippen LogP contribution is 2.27. The Morgan fingerprint density at radius 1 is 1.14 bits per heavy atom. The van der Waals surface area contributed by atoms with E-state index in [-0.39, 0.29) is 11.9 Å². The first-order chi connectivity index (χ1) is 10.2. The summed E-state index contributed by atoms with van der Waals surface area (Å²) in [6.45, 7) is 2.49. The lowest BCUT2D eigenvalue weighted by atomic mass is 10.1. The Bertz CT molecular complexity index is 603. The second-order valence-corrected chi connectivity index (χ2v) is 5.75. The molecule has 1 aliphatic heterocycles. The van der Waals surface area contributed by atoms with Crippen molar-refractivity contribution in [1.29, 1.82) is 0 Å². The number of benzene rings is 2. The van der Waals surface area contributed by atoms with E-state index in [0.717, 1.165) is 26.1 Å². The van der Waals surface area contributed by atoms with Crippen LogP contribution in [-0.2, 0) is 0 Å². The average molecular weight is 305 g/mol. The van der Waals surface area contributed by atoms with Gasteiger partial charge in [-0.2, -0.15) is 0 Å². The van der Waals surface area contributed by atoms with Crippen LogP contribution in [0.1, 0.15) is 18.0 Å². The largest absolute Gasteiger partial charge is 0.367 e. The van der Waals surface area contributed by atoms with Gasteiger partial charge in [0, 0.05) is 24.2 Å². The molecule has 0 aliphatic carbocycles. The van der Waals surface area contributed by atoms with Crippen molar-refractivity contribution in [3.05, 3.63) is 64.9 Å². The van der Waals surface area contributed by atoms with Crippen molar-refractivity contribution in [2.75, 3.05) is 24.5 Å². The van der Waals surface area contributed by atoms with Crippen LogP contribution in [0.25, 0.3) is 0 Å². The molecule has 110 valence electrons. The molecule has 0 amide bonds. The predicted molar refractivity (Wildman–Crippen MR) is 85.4 cm³/mol. The zero-order valence-corrected chi connectivity index (χ0v) is 12.5. The quantitative estimate of drug-likeness (QED) is 0.901. The molecule has 1 saturated heterocycles. The standard InChI is InChI=1S/C17H18ClFN2/c18-14-7-8-15(19)17(11-14)21-10-4-9-20-16(12-21)13-5-2-1-3-6-13/h1-3,5-8,11,16,20H,4,9-10,12H2. The van der Waals surface area contributed by atoms with E-state index in [1.165, 1.54) is 11.6 Å². The Labute approximate surface area is 129 Å². The fourth-order valence-electron chi connectivity index (χ4n) is 2.78. The van der Waals surface area contributed by atoms with Crippen LogP contribution in [0.5, 0.6) is 0 Å². The smallest absolute Gasteiger partial charge is 0.146 e. The molecule has 0 radical (unpaired) electrons. The molecule has 0 bridgehead atoms. The normalized spacial score (nSPS) is 19.3. The molecule has 0 saturated carbocycles. The van der Waals surface area contributed by atoms with Crippen LogP contribution in [0, 0.1) is 5.82 Å². The fourth-order valence-corrected chi connectivity index (χ4v) is 2.94. The molecule has 3 rings (SSSR count). The number of nitrogens with one attached hydrogen (secondary N) is 1. The predicted octanol–water partition coefficient (Wildman–Crippen LogP) is 4.02. The first kappa shape index (κ1) is 14.4. The first-order valence-electron chi connectivity index (χ1n) is 7.22. The lowest BCUT2D eigenvalue weighted by molar-refractivity contribution is 0.564. The summed E-state index contributed by atoms with van der Waals surface area (Å²) < 4.78 is 14.1. The summed E-state index contributed by atoms with van der Waals surface area (Å²) in [5.41, 5.74) is 1.82. The molecule has 1 unspecified atom stereocenters. The highest BCUT2D eigenvalue weighted by atomic mass is 35.5. The Hall–Kier alpha value is -1.58. The second-order valence-electron chi connectivity index (χ2n) is 5.31. The SMILES string of the molecule is Fc1ccc(Cl)cc1N1CCCNC(c2ccccc2)C1. The lowest BCUT2D eigenvalue weighted by Crippen LogP contribution is -2.31. The summed E-state index contributed by atoms with van der Waals surface area (Å²) in [5.74, 6) is -0.215. The molecule has 2 aromatic carbocycles. The summed E-state index contributed by atoms with van der Waals surface area (Å²) in [5, 5.41) is 4.10. The van der Waals surface area contributed by atoms with Crippen molar-refractivity contribution in [3.63, 3.8) is 0 Å². The number of anilines is 1. The van der Waals surface area contributed by atoms with Crippen molar-refractivity contribution >= 4 is 17.3 Å². The van der Waals surface area contributed by atoms with Gasteiger partial charge in [0.1, 0.15) is 5.82 Å². The van der Waals surface area contributed by atoms with Crippen molar-refractivity contribution in [2.45, 2.75) is 12.5 Å². The van der Waals surface area contributed by atoms with Gasteiger partial charge in [-0.3, -0.25) is 0 Å². The second kappa shape index (κ2) is 6.46. The van der Waals surface area contributed by atoms with Gasteiger partial charge in [-0.1, -0.05) is 41.9 Å². The topological polar surface area (TPSA) is 15.3 Å². The van der Waals surface area contributed by atoms with Crippen LogP contribution in [0.3, 0.4) is 0 Å². The van der Waals surface area contributed by atoms with Crippen LogP contribution in [-0.4, -0.2) is 19.6 Å². The highest BCUT2D eigenvalue weighted by molar-refractivity contribution is 6.30. The molecule has 0 aromatic heterocycles. The molecular weight excluding hydrogens is 287 g/mol. The van der Waals surface area contributed by atoms with E-state index in [9.17, 15) is 4.39 Å². The van der Waals surface area contributed by atoms with Crippen LogP contribution in [0.15, 0.2) is 48.5 Å². The van der Waals surface area contributed by atoms with E-state index in [4.69, 9.17) is 11.6 Å². The third-order valence-electron chi connectivity index (χ3n) is 3.85. The van der Waals surface area contributed by atoms with Crippen molar-refractivity contribution in [3.8, 4) is 0 Å². The summed E-state index contributed by atoms with van der Waals surface area (Å²) in [7, 11) is 0. The van der Waals surface area contributed by atoms with E-state index in [0.29, 0.717) is 10.7 Å². The zero-order chi connectivity index (χ0) is 14.7. The highest BCUT2D eigenvalue weighted by Gasteiger charge is 2.21. The van der Waals surface area contributed by atoms with Gasteiger partial charge < -0.3 is 10.2 Å². The van der Waals surface area contributed by atoms with E-state index < -0.39 is 0 Å². The van der Waals surface area contributed by atoms with Gasteiger partial charge in [0.05, 0.1) is 5.69 Å². The molecule has 1 aliphatic rings. The minimum absolute atomic E-state index is 0.201. The molecule has 1 N–H and O–H groups in total. The minimum atomic E-state index is -0.215. The van der Waals surface area contributed by atoms with Crippen LogP contribution < -0.4 is 10.2 Å². The maximum Gasteiger partial charge on any atom is 0.146 e. The van der Waals surface area contributed by atoms with Gasteiger partial charge in [0.15, 0.2) is 0 Å². The first-order valence-corrected chi connectivity index (χ1v) is 7.60. The fraction of sp³-hybridized carbons (Fsp3) is 0.294. The number of rotatable bonds is 2. The maximum atomic E-state index is 14.1. The Morgan fingerprint density at radius 2 is 1.95 bits per heavy atom. The average Bonchev–Trinajstić information content (AvgIpc) is 2.76.